The van der Waals surface area contributed by atoms with Gasteiger partial charge in [0.2, 0.25) is 5.76 Å². The quantitative estimate of drug-likeness (QED) is 0.449. The van der Waals surface area contributed by atoms with Gasteiger partial charge >= 0.3 is 11.9 Å². The van der Waals surface area contributed by atoms with Gasteiger partial charge in [0.25, 0.3) is 0 Å². The Morgan fingerprint density at radius 1 is 1.07 bits per heavy atom. The van der Waals surface area contributed by atoms with Gasteiger partial charge in [0.1, 0.15) is 11.3 Å². The summed E-state index contributed by atoms with van der Waals surface area (Å²) in [7, 11) is 0. The zero-order valence-electron chi connectivity index (χ0n) is 16.9. The maximum atomic E-state index is 12.7. The Hall–Kier alpha value is -3.73. The lowest BCUT2D eigenvalue weighted by Gasteiger charge is -2.12. The van der Waals surface area contributed by atoms with Crippen molar-refractivity contribution in [3.05, 3.63) is 51.0 Å². The monoisotopic (exact) mass is 408 g/mol. The molecule has 2 heterocycles. The molecule has 0 aliphatic heterocycles. The van der Waals surface area contributed by atoms with Crippen molar-refractivity contribution in [2.24, 2.45) is 0 Å². The van der Waals surface area contributed by atoms with Crippen molar-refractivity contribution in [3.8, 4) is 6.07 Å². The standard InChI is InChI=1S/C22H20N2O6/c1-4-7-13-19-14(12(11-23)8-16(24-19)21(26)28-5-2)9-15-17(25)10-18(30-20(13)15)22(27)29-6-3/h8-10H,4-7H2,1-3H3. The Kier molecular flexibility index (Phi) is 6.11. The van der Waals surface area contributed by atoms with E-state index in [1.165, 1.54) is 12.1 Å². The lowest BCUT2D eigenvalue weighted by molar-refractivity contribution is 0.0488. The molecule has 0 aliphatic carbocycles. The van der Waals surface area contributed by atoms with E-state index in [1.807, 2.05) is 6.92 Å². The molecule has 0 radical (unpaired) electrons. The fraction of sp³-hybridized carbons (Fsp3) is 0.318. The SMILES string of the molecule is CCCc1c2nc(C(=O)OCC)cc(C#N)c2cc2c(=O)cc(C(=O)OCC)oc12. The molecular weight excluding hydrogens is 388 g/mol. The molecule has 0 saturated carbocycles. The minimum atomic E-state index is -0.745. The molecule has 3 rings (SSSR count). The number of pyridine rings is 1. The number of carbonyl (C=O) groups is 2. The molecule has 0 spiro atoms. The molecule has 154 valence electrons. The van der Waals surface area contributed by atoms with E-state index in [-0.39, 0.29) is 41.2 Å². The average molecular weight is 408 g/mol. The molecule has 8 nitrogen and oxygen atoms in total. The first-order valence-corrected chi connectivity index (χ1v) is 9.63. The van der Waals surface area contributed by atoms with Crippen LogP contribution in [0.2, 0.25) is 0 Å². The van der Waals surface area contributed by atoms with Crippen LogP contribution in [-0.4, -0.2) is 30.1 Å². The van der Waals surface area contributed by atoms with Gasteiger partial charge in [0, 0.05) is 17.0 Å². The predicted octanol–water partition coefficient (Wildman–Crippen LogP) is 3.52. The predicted molar refractivity (Wildman–Crippen MR) is 108 cm³/mol. The largest absolute Gasteiger partial charge is 0.461 e. The van der Waals surface area contributed by atoms with Crippen LogP contribution < -0.4 is 5.43 Å². The van der Waals surface area contributed by atoms with Crippen molar-refractivity contribution >= 4 is 33.8 Å². The van der Waals surface area contributed by atoms with E-state index >= 15 is 0 Å². The minimum Gasteiger partial charge on any atom is -0.461 e. The molecule has 0 aliphatic rings. The summed E-state index contributed by atoms with van der Waals surface area (Å²) < 4.78 is 15.7. The number of hydrogen-bond donors (Lipinski definition) is 0. The number of carbonyl (C=O) groups excluding carboxylic acids is 2. The van der Waals surface area contributed by atoms with E-state index in [0.29, 0.717) is 29.3 Å². The van der Waals surface area contributed by atoms with Gasteiger partial charge in [-0.05, 0) is 32.4 Å². The number of nitrogens with zero attached hydrogens (tertiary/aromatic N) is 2. The zero-order valence-corrected chi connectivity index (χ0v) is 16.9. The van der Waals surface area contributed by atoms with Crippen molar-refractivity contribution in [1.29, 1.82) is 5.26 Å². The first-order valence-electron chi connectivity index (χ1n) is 9.63. The molecule has 1 aromatic carbocycles. The van der Waals surface area contributed by atoms with Crippen molar-refractivity contribution < 1.29 is 23.5 Å². The molecule has 0 N–H and O–H groups in total. The molecule has 3 aromatic rings. The Balaban J connectivity index is 2.43. The van der Waals surface area contributed by atoms with Gasteiger partial charge in [-0.2, -0.15) is 5.26 Å². The summed E-state index contributed by atoms with van der Waals surface area (Å²) in [5, 5.41) is 10.3. The van der Waals surface area contributed by atoms with E-state index in [4.69, 9.17) is 13.9 Å². The van der Waals surface area contributed by atoms with Crippen molar-refractivity contribution in [3.63, 3.8) is 0 Å². The number of fused-ring (bicyclic) bond motifs is 2. The van der Waals surface area contributed by atoms with Crippen LogP contribution in [0.15, 0.2) is 27.4 Å². The third kappa shape index (κ3) is 3.74. The van der Waals surface area contributed by atoms with Crippen LogP contribution in [0.5, 0.6) is 0 Å². The van der Waals surface area contributed by atoms with Crippen molar-refractivity contribution in [1.82, 2.24) is 4.98 Å². The second-order valence-corrected chi connectivity index (χ2v) is 6.46. The fourth-order valence-electron chi connectivity index (χ4n) is 3.23. The number of aromatic nitrogens is 1. The molecule has 0 fully saturated rings. The van der Waals surface area contributed by atoms with E-state index in [1.54, 1.807) is 13.8 Å². The number of nitriles is 1. The number of ether oxygens (including phenoxy) is 2. The van der Waals surface area contributed by atoms with Crippen LogP contribution in [0.1, 0.15) is 59.4 Å². The fourth-order valence-corrected chi connectivity index (χ4v) is 3.23. The number of esters is 2. The first-order chi connectivity index (χ1) is 14.4. The average Bonchev–Trinajstić information content (AvgIpc) is 2.73. The molecule has 0 atom stereocenters. The highest BCUT2D eigenvalue weighted by molar-refractivity contribution is 6.03. The maximum Gasteiger partial charge on any atom is 0.374 e. The third-order valence-electron chi connectivity index (χ3n) is 4.47. The highest BCUT2D eigenvalue weighted by Crippen LogP contribution is 2.30. The van der Waals surface area contributed by atoms with Crippen LogP contribution in [0.25, 0.3) is 21.9 Å². The van der Waals surface area contributed by atoms with Crippen molar-refractivity contribution in [2.75, 3.05) is 13.2 Å². The summed E-state index contributed by atoms with van der Waals surface area (Å²) in [5.74, 6) is -1.61. The van der Waals surface area contributed by atoms with Gasteiger partial charge in [0.05, 0.1) is 35.7 Å². The molecule has 2 aromatic heterocycles. The summed E-state index contributed by atoms with van der Waals surface area (Å²) in [6, 6.07) is 5.98. The number of rotatable bonds is 6. The van der Waals surface area contributed by atoms with Crippen LogP contribution in [0.4, 0.5) is 0 Å². The first kappa shape index (κ1) is 21.0. The Morgan fingerprint density at radius 3 is 2.40 bits per heavy atom. The smallest absolute Gasteiger partial charge is 0.374 e. The maximum absolute atomic E-state index is 12.7. The van der Waals surface area contributed by atoms with Gasteiger partial charge in [-0.15, -0.1) is 0 Å². The van der Waals surface area contributed by atoms with Crippen molar-refractivity contribution in [2.45, 2.75) is 33.6 Å². The molecule has 0 amide bonds. The second kappa shape index (κ2) is 8.74. The van der Waals surface area contributed by atoms with Gasteiger partial charge in [-0.25, -0.2) is 14.6 Å². The van der Waals surface area contributed by atoms with Gasteiger partial charge in [-0.3, -0.25) is 4.79 Å². The summed E-state index contributed by atoms with van der Waals surface area (Å²) in [6.45, 7) is 5.55. The van der Waals surface area contributed by atoms with Crippen LogP contribution in [-0.2, 0) is 15.9 Å². The Bertz CT molecular complexity index is 1250. The lowest BCUT2D eigenvalue weighted by Crippen LogP contribution is -2.12. The van der Waals surface area contributed by atoms with Crippen LogP contribution in [0, 0.1) is 11.3 Å². The Morgan fingerprint density at radius 2 is 1.77 bits per heavy atom. The normalized spacial score (nSPS) is 10.7. The molecule has 0 bridgehead atoms. The van der Waals surface area contributed by atoms with Crippen LogP contribution in [0.3, 0.4) is 0 Å². The topological polar surface area (TPSA) is 119 Å². The highest BCUT2D eigenvalue weighted by atomic mass is 16.5. The highest BCUT2D eigenvalue weighted by Gasteiger charge is 2.21. The Labute approximate surface area is 172 Å². The third-order valence-corrected chi connectivity index (χ3v) is 4.47. The van der Waals surface area contributed by atoms with Gasteiger partial charge in [0.15, 0.2) is 5.43 Å². The van der Waals surface area contributed by atoms with Gasteiger partial charge < -0.3 is 13.9 Å². The van der Waals surface area contributed by atoms with E-state index < -0.39 is 17.4 Å². The molecule has 0 saturated heterocycles. The second-order valence-electron chi connectivity index (χ2n) is 6.46. The minimum absolute atomic E-state index is 0.0125. The molecule has 0 unspecified atom stereocenters. The van der Waals surface area contributed by atoms with E-state index in [2.05, 4.69) is 11.1 Å². The van der Waals surface area contributed by atoms with Crippen LogP contribution >= 0.6 is 0 Å². The van der Waals surface area contributed by atoms with E-state index in [9.17, 15) is 19.6 Å². The number of benzene rings is 1. The summed E-state index contributed by atoms with van der Waals surface area (Å²) in [4.78, 5) is 41.5. The lowest BCUT2D eigenvalue weighted by atomic mass is 9.98. The summed E-state index contributed by atoms with van der Waals surface area (Å²) in [6.07, 6.45) is 1.13. The zero-order chi connectivity index (χ0) is 21.8. The summed E-state index contributed by atoms with van der Waals surface area (Å²) >= 11 is 0. The molecule has 30 heavy (non-hydrogen) atoms. The summed E-state index contributed by atoms with van der Waals surface area (Å²) in [5.41, 5.74) is 0.832. The van der Waals surface area contributed by atoms with Gasteiger partial charge in [-0.1, -0.05) is 13.3 Å². The number of aryl methyl sites for hydroxylation is 1. The van der Waals surface area contributed by atoms with E-state index in [0.717, 1.165) is 6.07 Å². The number of hydrogen-bond acceptors (Lipinski definition) is 8. The molecular formula is C22H20N2O6. The molecule has 8 heteroatoms.